The first-order valence-electron chi connectivity index (χ1n) is 4.58. The van der Waals surface area contributed by atoms with E-state index >= 15 is 0 Å². The van der Waals surface area contributed by atoms with Gasteiger partial charge in [-0.15, -0.1) is 11.3 Å². The molecule has 1 fully saturated rings. The molecule has 3 nitrogen and oxygen atoms in total. The minimum atomic E-state index is -0.153. The zero-order valence-electron chi connectivity index (χ0n) is 7.81. The van der Waals surface area contributed by atoms with Gasteiger partial charge in [-0.1, -0.05) is 12.2 Å². The average molecular weight is 211 g/mol. The van der Waals surface area contributed by atoms with Gasteiger partial charge in [-0.3, -0.25) is 0 Å². The van der Waals surface area contributed by atoms with Crippen molar-refractivity contribution >= 4 is 17.4 Å². The first-order valence-corrected chi connectivity index (χ1v) is 5.46. The zero-order chi connectivity index (χ0) is 9.80. The lowest BCUT2D eigenvalue weighted by Gasteiger charge is -2.04. The van der Waals surface area contributed by atoms with E-state index in [1.54, 1.807) is 11.3 Å². The van der Waals surface area contributed by atoms with E-state index in [1.165, 1.54) is 0 Å². The molecule has 1 aliphatic rings. The maximum absolute atomic E-state index is 5.40. The van der Waals surface area contributed by atoms with Crippen molar-refractivity contribution in [3.05, 3.63) is 28.0 Å². The van der Waals surface area contributed by atoms with E-state index in [2.05, 4.69) is 11.4 Å². The molecule has 1 saturated heterocycles. The van der Waals surface area contributed by atoms with E-state index in [9.17, 15) is 0 Å². The van der Waals surface area contributed by atoms with Crippen molar-refractivity contribution in [2.75, 3.05) is 19.8 Å². The van der Waals surface area contributed by atoms with Gasteiger partial charge in [-0.05, 0) is 17.0 Å². The molecular weight excluding hydrogens is 198 g/mol. The van der Waals surface area contributed by atoms with E-state index in [4.69, 9.17) is 15.2 Å². The van der Waals surface area contributed by atoms with Crippen molar-refractivity contribution in [2.24, 2.45) is 5.73 Å². The Morgan fingerprint density at radius 1 is 1.50 bits per heavy atom. The van der Waals surface area contributed by atoms with Crippen LogP contribution in [0.5, 0.6) is 0 Å². The van der Waals surface area contributed by atoms with Crippen LogP contribution >= 0.6 is 11.3 Å². The predicted octanol–water partition coefficient (Wildman–Crippen LogP) is 1.77. The molecule has 2 N–H and O–H groups in total. The van der Waals surface area contributed by atoms with Crippen LogP contribution in [0.4, 0.5) is 0 Å². The van der Waals surface area contributed by atoms with Gasteiger partial charge < -0.3 is 15.2 Å². The second-order valence-electron chi connectivity index (χ2n) is 2.99. The predicted molar refractivity (Wildman–Crippen MR) is 57.1 cm³/mol. The first-order chi connectivity index (χ1) is 6.90. The topological polar surface area (TPSA) is 44.5 Å². The molecule has 2 heterocycles. The summed E-state index contributed by atoms with van der Waals surface area (Å²) in [6, 6.07) is 2.08. The van der Waals surface area contributed by atoms with E-state index in [0.717, 1.165) is 10.4 Å². The van der Waals surface area contributed by atoms with Crippen LogP contribution in [0.1, 0.15) is 16.7 Å². The molecule has 0 amide bonds. The van der Waals surface area contributed by atoms with Crippen LogP contribution in [-0.2, 0) is 9.47 Å². The Balaban J connectivity index is 2.05. The number of hydrogen-bond donors (Lipinski definition) is 1. The third-order valence-electron chi connectivity index (χ3n) is 1.94. The van der Waals surface area contributed by atoms with E-state index in [-0.39, 0.29) is 6.29 Å². The van der Waals surface area contributed by atoms with Gasteiger partial charge in [0.25, 0.3) is 0 Å². The molecule has 0 saturated carbocycles. The first kappa shape index (κ1) is 9.86. The van der Waals surface area contributed by atoms with E-state index < -0.39 is 0 Å². The van der Waals surface area contributed by atoms with Crippen molar-refractivity contribution < 1.29 is 9.47 Å². The van der Waals surface area contributed by atoms with Crippen LogP contribution in [0.2, 0.25) is 0 Å². The van der Waals surface area contributed by atoms with Crippen molar-refractivity contribution in [3.63, 3.8) is 0 Å². The Morgan fingerprint density at radius 3 is 3.00 bits per heavy atom. The maximum Gasteiger partial charge on any atom is 0.193 e. The smallest absolute Gasteiger partial charge is 0.193 e. The second-order valence-corrected chi connectivity index (χ2v) is 3.94. The summed E-state index contributed by atoms with van der Waals surface area (Å²) in [6.45, 7) is 1.95. The van der Waals surface area contributed by atoms with Gasteiger partial charge in [0.05, 0.1) is 18.1 Å². The molecule has 76 valence electrons. The summed E-state index contributed by atoms with van der Waals surface area (Å²) >= 11 is 1.66. The minimum absolute atomic E-state index is 0.153. The molecule has 0 spiro atoms. The van der Waals surface area contributed by atoms with Crippen LogP contribution in [0.3, 0.4) is 0 Å². The summed E-state index contributed by atoms with van der Waals surface area (Å²) in [6.07, 6.45) is 3.79. The van der Waals surface area contributed by atoms with Crippen LogP contribution in [0.25, 0.3) is 6.08 Å². The van der Waals surface area contributed by atoms with Crippen molar-refractivity contribution in [3.8, 4) is 0 Å². The highest BCUT2D eigenvalue weighted by Gasteiger charge is 2.19. The molecule has 2 rings (SSSR count). The summed E-state index contributed by atoms with van der Waals surface area (Å²) in [7, 11) is 0. The summed E-state index contributed by atoms with van der Waals surface area (Å²) in [5.41, 5.74) is 6.53. The largest absolute Gasteiger partial charge is 0.345 e. The van der Waals surface area contributed by atoms with Gasteiger partial charge >= 0.3 is 0 Å². The number of thiophene rings is 1. The lowest BCUT2D eigenvalue weighted by molar-refractivity contribution is -0.0413. The molecule has 0 unspecified atom stereocenters. The molecule has 1 aromatic rings. The lowest BCUT2D eigenvalue weighted by Crippen LogP contribution is -1.93. The highest BCUT2D eigenvalue weighted by molar-refractivity contribution is 7.10. The van der Waals surface area contributed by atoms with Gasteiger partial charge in [0.1, 0.15) is 0 Å². The van der Waals surface area contributed by atoms with Gasteiger partial charge in [0.15, 0.2) is 6.29 Å². The summed E-state index contributed by atoms with van der Waals surface area (Å²) in [5, 5.41) is 2.08. The molecule has 1 aromatic heterocycles. The van der Waals surface area contributed by atoms with Gasteiger partial charge in [-0.25, -0.2) is 0 Å². The van der Waals surface area contributed by atoms with Crippen LogP contribution in [0, 0.1) is 0 Å². The lowest BCUT2D eigenvalue weighted by atomic mass is 10.3. The Hall–Kier alpha value is -0.680. The SMILES string of the molecule is NCC=Cc1csc(C2OCCO2)c1. The fourth-order valence-corrected chi connectivity index (χ4v) is 2.18. The number of rotatable bonds is 3. The fourth-order valence-electron chi connectivity index (χ4n) is 1.31. The summed E-state index contributed by atoms with van der Waals surface area (Å²) in [5.74, 6) is 0. The Bertz CT molecular complexity index is 316. The Morgan fingerprint density at radius 2 is 2.29 bits per heavy atom. The van der Waals surface area contributed by atoms with Gasteiger partial charge in [0.2, 0.25) is 0 Å². The van der Waals surface area contributed by atoms with E-state index in [1.807, 2.05) is 12.2 Å². The molecular formula is C10H13NO2S. The van der Waals surface area contributed by atoms with Crippen LogP contribution < -0.4 is 5.73 Å². The molecule has 0 radical (unpaired) electrons. The van der Waals surface area contributed by atoms with Crippen molar-refractivity contribution in [1.29, 1.82) is 0 Å². The third kappa shape index (κ3) is 2.22. The standard InChI is InChI=1S/C10H13NO2S/c11-3-1-2-8-6-9(14-7-8)10-12-4-5-13-10/h1-2,6-7,10H,3-5,11H2. The third-order valence-corrected chi connectivity index (χ3v) is 2.91. The molecule has 0 aromatic carbocycles. The number of nitrogens with two attached hydrogens (primary N) is 1. The number of ether oxygens (including phenoxy) is 2. The Kier molecular flexibility index (Phi) is 3.31. The summed E-state index contributed by atoms with van der Waals surface area (Å²) < 4.78 is 10.8. The van der Waals surface area contributed by atoms with Gasteiger partial charge in [-0.2, -0.15) is 0 Å². The van der Waals surface area contributed by atoms with Crippen molar-refractivity contribution in [2.45, 2.75) is 6.29 Å². The zero-order valence-corrected chi connectivity index (χ0v) is 8.63. The molecule has 0 bridgehead atoms. The van der Waals surface area contributed by atoms with Crippen molar-refractivity contribution in [1.82, 2.24) is 0 Å². The Labute approximate surface area is 87.1 Å². The van der Waals surface area contributed by atoms with E-state index in [0.29, 0.717) is 19.8 Å². The monoisotopic (exact) mass is 211 g/mol. The average Bonchev–Trinajstić information content (AvgIpc) is 2.85. The van der Waals surface area contributed by atoms with Crippen LogP contribution in [-0.4, -0.2) is 19.8 Å². The minimum Gasteiger partial charge on any atom is -0.345 e. The highest BCUT2D eigenvalue weighted by Crippen LogP contribution is 2.29. The number of hydrogen-bond acceptors (Lipinski definition) is 4. The second kappa shape index (κ2) is 4.70. The molecule has 1 aliphatic heterocycles. The fraction of sp³-hybridized carbons (Fsp3) is 0.400. The molecule has 0 aliphatic carbocycles. The maximum atomic E-state index is 5.40. The summed E-state index contributed by atoms with van der Waals surface area (Å²) in [4.78, 5) is 1.12. The molecule has 4 heteroatoms. The highest BCUT2D eigenvalue weighted by atomic mass is 32.1. The molecule has 14 heavy (non-hydrogen) atoms. The van der Waals surface area contributed by atoms with Gasteiger partial charge in [0, 0.05) is 6.54 Å². The quantitative estimate of drug-likeness (QED) is 0.828. The molecule has 0 atom stereocenters. The normalized spacial score (nSPS) is 18.4. The van der Waals surface area contributed by atoms with Crippen LogP contribution in [0.15, 0.2) is 17.5 Å².